The van der Waals surface area contributed by atoms with Crippen molar-refractivity contribution in [1.29, 1.82) is 0 Å². The molecule has 0 amide bonds. The molecule has 0 unspecified atom stereocenters. The molecule has 98 valence electrons. The van der Waals surface area contributed by atoms with Crippen molar-refractivity contribution in [2.45, 2.75) is 19.5 Å². The van der Waals surface area contributed by atoms with Gasteiger partial charge in [-0.2, -0.15) is 8.78 Å². The maximum atomic E-state index is 12.2. The smallest absolute Gasteiger partial charge is 0.387 e. The first-order valence-electron chi connectivity index (χ1n) is 5.51. The summed E-state index contributed by atoms with van der Waals surface area (Å²) in [6.07, 6.45) is 2.16. The molecular formula is C12H12F2O3S. The Labute approximate surface area is 108 Å². The average Bonchev–Trinajstić information content (AvgIpc) is 3.10. The topological polar surface area (TPSA) is 35.5 Å². The summed E-state index contributed by atoms with van der Waals surface area (Å²) in [5, 5.41) is -0.449. The summed E-state index contributed by atoms with van der Waals surface area (Å²) in [6.45, 7) is -2.48. The fourth-order valence-electron chi connectivity index (χ4n) is 1.44. The third-order valence-electron chi connectivity index (χ3n) is 2.58. The van der Waals surface area contributed by atoms with Gasteiger partial charge in [0, 0.05) is 5.56 Å². The predicted molar refractivity (Wildman–Crippen MR) is 64.6 cm³/mol. The molecule has 1 aliphatic rings. The standard InChI is InChI=1S/C12H12F2O3S/c13-12(14)17-9-4-3-8(11(15)18)5-10(9)16-6-7-1-2-7/h3-5,7,12H,1-2,6H2,(H,15,18). The van der Waals surface area contributed by atoms with Gasteiger partial charge >= 0.3 is 6.61 Å². The zero-order chi connectivity index (χ0) is 13.1. The van der Waals surface area contributed by atoms with Crippen LogP contribution in [-0.2, 0) is 0 Å². The molecule has 0 aliphatic heterocycles. The summed E-state index contributed by atoms with van der Waals surface area (Å²) in [5.41, 5.74) is 0.283. The highest BCUT2D eigenvalue weighted by Crippen LogP contribution is 2.34. The number of hydrogen-bond donors (Lipinski definition) is 1. The summed E-state index contributed by atoms with van der Waals surface area (Å²) >= 11 is 3.68. The van der Waals surface area contributed by atoms with Gasteiger partial charge in [-0.3, -0.25) is 4.79 Å². The van der Waals surface area contributed by atoms with Crippen LogP contribution in [0.1, 0.15) is 23.2 Å². The first-order valence-corrected chi connectivity index (χ1v) is 5.96. The van der Waals surface area contributed by atoms with Gasteiger partial charge in [-0.15, -0.1) is 12.6 Å². The van der Waals surface area contributed by atoms with Crippen LogP contribution in [0.25, 0.3) is 0 Å². The minimum Gasteiger partial charge on any atom is -0.489 e. The summed E-state index contributed by atoms with van der Waals surface area (Å²) in [6, 6.07) is 4.03. The van der Waals surface area contributed by atoms with Crippen LogP contribution < -0.4 is 9.47 Å². The van der Waals surface area contributed by atoms with Gasteiger partial charge in [0.2, 0.25) is 5.12 Å². The number of benzene rings is 1. The van der Waals surface area contributed by atoms with Gasteiger partial charge in [-0.05, 0) is 37.0 Å². The van der Waals surface area contributed by atoms with Gasteiger partial charge in [0.15, 0.2) is 11.5 Å². The summed E-state index contributed by atoms with van der Waals surface area (Å²) in [7, 11) is 0. The molecule has 1 saturated carbocycles. The molecule has 0 aromatic heterocycles. The Morgan fingerprint density at radius 3 is 2.67 bits per heavy atom. The minimum absolute atomic E-state index is 0.0658. The maximum Gasteiger partial charge on any atom is 0.387 e. The number of carbonyl (C=O) groups excluding carboxylic acids is 1. The van der Waals surface area contributed by atoms with Gasteiger partial charge in [0.05, 0.1) is 6.61 Å². The largest absolute Gasteiger partial charge is 0.489 e. The Kier molecular flexibility index (Phi) is 4.06. The van der Waals surface area contributed by atoms with E-state index in [2.05, 4.69) is 17.4 Å². The lowest BCUT2D eigenvalue weighted by molar-refractivity contribution is -0.0515. The molecule has 1 fully saturated rings. The molecule has 0 heterocycles. The van der Waals surface area contributed by atoms with Crippen molar-refractivity contribution in [3.63, 3.8) is 0 Å². The number of carbonyl (C=O) groups is 1. The Bertz CT molecular complexity index is 447. The molecule has 1 aromatic carbocycles. The van der Waals surface area contributed by atoms with E-state index in [0.717, 1.165) is 12.8 Å². The zero-order valence-electron chi connectivity index (χ0n) is 9.44. The first-order chi connectivity index (χ1) is 8.56. The second kappa shape index (κ2) is 5.56. The monoisotopic (exact) mass is 274 g/mol. The number of halogens is 2. The first kappa shape index (κ1) is 13.1. The van der Waals surface area contributed by atoms with Crippen molar-refractivity contribution in [2.75, 3.05) is 6.61 Å². The van der Waals surface area contributed by atoms with Crippen LogP contribution in [0.15, 0.2) is 18.2 Å². The molecule has 0 radical (unpaired) electrons. The van der Waals surface area contributed by atoms with Crippen molar-refractivity contribution in [3.05, 3.63) is 23.8 Å². The number of thiol groups is 1. The van der Waals surface area contributed by atoms with Gasteiger partial charge in [-0.25, -0.2) is 0 Å². The van der Waals surface area contributed by atoms with E-state index in [9.17, 15) is 13.6 Å². The van der Waals surface area contributed by atoms with E-state index >= 15 is 0 Å². The number of ether oxygens (including phenoxy) is 2. The molecule has 0 atom stereocenters. The van der Waals surface area contributed by atoms with Crippen LogP contribution >= 0.6 is 12.6 Å². The summed E-state index contributed by atoms with van der Waals surface area (Å²) < 4.78 is 34.2. The fraction of sp³-hybridized carbons (Fsp3) is 0.417. The number of alkyl halides is 2. The van der Waals surface area contributed by atoms with Crippen molar-refractivity contribution in [3.8, 4) is 11.5 Å². The molecule has 18 heavy (non-hydrogen) atoms. The van der Waals surface area contributed by atoms with E-state index in [1.54, 1.807) is 0 Å². The second-order valence-corrected chi connectivity index (χ2v) is 4.51. The van der Waals surface area contributed by atoms with E-state index < -0.39 is 11.7 Å². The average molecular weight is 274 g/mol. The molecule has 0 saturated heterocycles. The van der Waals surface area contributed by atoms with Gasteiger partial charge in [0.1, 0.15) is 0 Å². The molecule has 3 nitrogen and oxygen atoms in total. The molecule has 0 N–H and O–H groups in total. The Balaban J connectivity index is 2.17. The third kappa shape index (κ3) is 3.60. The van der Waals surface area contributed by atoms with Crippen LogP contribution in [0.2, 0.25) is 0 Å². The summed E-state index contributed by atoms with van der Waals surface area (Å²) in [4.78, 5) is 11.1. The maximum absolute atomic E-state index is 12.2. The quantitative estimate of drug-likeness (QED) is 0.809. The van der Waals surface area contributed by atoms with Crippen LogP contribution in [0, 0.1) is 5.92 Å². The van der Waals surface area contributed by atoms with Crippen LogP contribution in [0.3, 0.4) is 0 Å². The number of hydrogen-bond acceptors (Lipinski definition) is 3. The van der Waals surface area contributed by atoms with Gasteiger partial charge < -0.3 is 9.47 Å². The molecule has 0 bridgehead atoms. The zero-order valence-corrected chi connectivity index (χ0v) is 10.3. The molecule has 1 aromatic rings. The molecule has 6 heteroatoms. The van der Waals surface area contributed by atoms with E-state index in [-0.39, 0.29) is 17.1 Å². The normalized spacial score (nSPS) is 14.7. The lowest BCUT2D eigenvalue weighted by Gasteiger charge is -2.12. The van der Waals surface area contributed by atoms with Crippen molar-refractivity contribution >= 4 is 17.7 Å². The highest BCUT2D eigenvalue weighted by molar-refractivity contribution is 7.97. The fourth-order valence-corrected chi connectivity index (χ4v) is 1.58. The number of rotatable bonds is 6. The third-order valence-corrected chi connectivity index (χ3v) is 2.84. The highest BCUT2D eigenvalue weighted by Gasteiger charge is 2.23. The van der Waals surface area contributed by atoms with Gasteiger partial charge in [-0.1, -0.05) is 0 Å². The van der Waals surface area contributed by atoms with Crippen molar-refractivity contribution < 1.29 is 23.0 Å². The molecule has 1 aliphatic carbocycles. The molecule has 0 spiro atoms. The Hall–Kier alpha value is -1.30. The van der Waals surface area contributed by atoms with E-state index in [4.69, 9.17) is 4.74 Å². The SMILES string of the molecule is O=C(S)c1ccc(OC(F)F)c(OCC2CC2)c1. The predicted octanol–water partition coefficient (Wildman–Crippen LogP) is 3.15. The van der Waals surface area contributed by atoms with Gasteiger partial charge in [0.25, 0.3) is 0 Å². The minimum atomic E-state index is -2.93. The second-order valence-electron chi connectivity index (χ2n) is 4.10. The van der Waals surface area contributed by atoms with Crippen LogP contribution in [0.5, 0.6) is 11.5 Å². The van der Waals surface area contributed by atoms with Crippen molar-refractivity contribution in [1.82, 2.24) is 0 Å². The van der Waals surface area contributed by atoms with Crippen LogP contribution in [-0.4, -0.2) is 18.3 Å². The molecule has 2 rings (SSSR count). The molecular weight excluding hydrogens is 262 g/mol. The van der Waals surface area contributed by atoms with E-state index in [1.807, 2.05) is 0 Å². The highest BCUT2D eigenvalue weighted by atomic mass is 32.1. The Morgan fingerprint density at radius 2 is 2.11 bits per heavy atom. The van der Waals surface area contributed by atoms with Crippen molar-refractivity contribution in [2.24, 2.45) is 5.92 Å². The van der Waals surface area contributed by atoms with Crippen LogP contribution in [0.4, 0.5) is 8.78 Å². The lowest BCUT2D eigenvalue weighted by Crippen LogP contribution is -2.07. The van der Waals surface area contributed by atoms with E-state index in [0.29, 0.717) is 12.5 Å². The Morgan fingerprint density at radius 1 is 1.39 bits per heavy atom. The van der Waals surface area contributed by atoms with E-state index in [1.165, 1.54) is 18.2 Å². The summed E-state index contributed by atoms with van der Waals surface area (Å²) in [5.74, 6) is 0.561. The lowest BCUT2D eigenvalue weighted by atomic mass is 10.2.